The number of hydrogen-bond acceptors (Lipinski definition) is 2. The van der Waals surface area contributed by atoms with Gasteiger partial charge in [0, 0.05) is 16.3 Å². The number of carbonyl (C=O) groups is 1. The molecule has 0 heterocycles. The van der Waals surface area contributed by atoms with Crippen LogP contribution in [0.3, 0.4) is 0 Å². The number of anilines is 1. The second kappa shape index (κ2) is 7.29. The van der Waals surface area contributed by atoms with Crippen LogP contribution in [0.2, 0.25) is 5.02 Å². The summed E-state index contributed by atoms with van der Waals surface area (Å²) in [6, 6.07) is 12.1. The fourth-order valence-electron chi connectivity index (χ4n) is 1.64. The predicted molar refractivity (Wildman–Crippen MR) is 89.2 cm³/mol. The smallest absolute Gasteiger partial charge is 0.255 e. The minimum Gasteiger partial charge on any atom is -0.488 e. The van der Waals surface area contributed by atoms with Gasteiger partial charge < -0.3 is 10.1 Å². The van der Waals surface area contributed by atoms with Crippen molar-refractivity contribution in [2.24, 2.45) is 0 Å². The molecule has 2 rings (SSSR count). The number of ether oxygens (including phenoxy) is 1. The first kappa shape index (κ1) is 15.6. The van der Waals surface area contributed by atoms with E-state index in [2.05, 4.69) is 27.8 Å². The number of rotatable bonds is 5. The minimum absolute atomic E-state index is 0.201. The van der Waals surface area contributed by atoms with Crippen LogP contribution in [-0.2, 0) is 0 Å². The Morgan fingerprint density at radius 1 is 1.29 bits per heavy atom. The van der Waals surface area contributed by atoms with Crippen molar-refractivity contribution in [1.82, 2.24) is 0 Å². The summed E-state index contributed by atoms with van der Waals surface area (Å²) >= 11 is 9.19. The molecular formula is C16H13BrClNO2. The third-order valence-electron chi connectivity index (χ3n) is 2.65. The van der Waals surface area contributed by atoms with Crippen molar-refractivity contribution in [2.75, 3.05) is 11.9 Å². The number of nitrogens with one attached hydrogen (secondary N) is 1. The van der Waals surface area contributed by atoms with Gasteiger partial charge in [-0.2, -0.15) is 0 Å². The van der Waals surface area contributed by atoms with Crippen LogP contribution in [0.4, 0.5) is 5.69 Å². The molecule has 0 spiro atoms. The van der Waals surface area contributed by atoms with Gasteiger partial charge in [-0.05, 0) is 58.4 Å². The van der Waals surface area contributed by atoms with Gasteiger partial charge in [0.1, 0.15) is 12.4 Å². The average molecular weight is 367 g/mol. The molecule has 2 aromatic carbocycles. The molecule has 0 saturated heterocycles. The van der Waals surface area contributed by atoms with E-state index in [1.54, 1.807) is 48.5 Å². The highest BCUT2D eigenvalue weighted by Crippen LogP contribution is 2.26. The second-order valence-electron chi connectivity index (χ2n) is 4.21. The highest BCUT2D eigenvalue weighted by Gasteiger charge is 2.09. The van der Waals surface area contributed by atoms with Gasteiger partial charge in [0.2, 0.25) is 0 Å². The molecule has 0 bridgehead atoms. The Balaban J connectivity index is 2.10. The van der Waals surface area contributed by atoms with E-state index >= 15 is 0 Å². The molecule has 0 aliphatic rings. The molecule has 0 fully saturated rings. The zero-order valence-electron chi connectivity index (χ0n) is 11.1. The van der Waals surface area contributed by atoms with Gasteiger partial charge >= 0.3 is 0 Å². The molecule has 1 amide bonds. The number of amides is 1. The number of benzene rings is 2. The highest BCUT2D eigenvalue weighted by molar-refractivity contribution is 9.10. The lowest BCUT2D eigenvalue weighted by Gasteiger charge is -2.09. The lowest BCUT2D eigenvalue weighted by molar-refractivity contribution is 0.102. The Bertz CT molecular complexity index is 656. The second-order valence-corrected chi connectivity index (χ2v) is 5.50. The Morgan fingerprint density at radius 2 is 2.00 bits per heavy atom. The summed E-state index contributed by atoms with van der Waals surface area (Å²) in [4.78, 5) is 12.2. The quantitative estimate of drug-likeness (QED) is 0.763. The molecule has 0 aliphatic carbocycles. The van der Waals surface area contributed by atoms with Crippen molar-refractivity contribution in [3.05, 3.63) is 70.2 Å². The van der Waals surface area contributed by atoms with Crippen molar-refractivity contribution in [3.8, 4) is 5.75 Å². The van der Waals surface area contributed by atoms with Gasteiger partial charge in [-0.25, -0.2) is 0 Å². The maximum atomic E-state index is 12.2. The maximum absolute atomic E-state index is 12.2. The summed E-state index contributed by atoms with van der Waals surface area (Å²) in [5.41, 5.74) is 1.22. The summed E-state index contributed by atoms with van der Waals surface area (Å²) in [6.07, 6.45) is 1.66. The SMILES string of the molecule is C=CCOc1ccc(C(=O)Nc2ccc(Cl)cc2)cc1Br. The van der Waals surface area contributed by atoms with Gasteiger partial charge in [-0.1, -0.05) is 24.3 Å². The first-order valence-corrected chi connectivity index (χ1v) is 7.37. The van der Waals surface area contributed by atoms with Gasteiger partial charge in [-0.15, -0.1) is 0 Å². The summed E-state index contributed by atoms with van der Waals surface area (Å²) in [6.45, 7) is 4.00. The number of hydrogen-bond donors (Lipinski definition) is 1. The monoisotopic (exact) mass is 365 g/mol. The normalized spacial score (nSPS) is 10.0. The molecule has 0 aliphatic heterocycles. The van der Waals surface area contributed by atoms with Gasteiger partial charge in [0.15, 0.2) is 0 Å². The van der Waals surface area contributed by atoms with Crippen LogP contribution in [0, 0.1) is 0 Å². The Labute approximate surface area is 136 Å². The molecule has 0 saturated carbocycles. The summed E-state index contributed by atoms with van der Waals surface area (Å²) < 4.78 is 6.16. The number of carbonyl (C=O) groups excluding carboxylic acids is 1. The minimum atomic E-state index is -0.201. The molecule has 5 heteroatoms. The molecule has 21 heavy (non-hydrogen) atoms. The Kier molecular flexibility index (Phi) is 5.42. The van der Waals surface area contributed by atoms with E-state index < -0.39 is 0 Å². The Hall–Kier alpha value is -1.78. The zero-order valence-corrected chi connectivity index (χ0v) is 13.4. The summed E-state index contributed by atoms with van der Waals surface area (Å²) in [5, 5.41) is 3.42. The standard InChI is InChI=1S/C16H13BrClNO2/c1-2-9-21-15-8-3-11(10-14(15)17)16(20)19-13-6-4-12(18)5-7-13/h2-8,10H,1,9H2,(H,19,20). The van der Waals surface area contributed by atoms with E-state index in [0.29, 0.717) is 33.1 Å². The molecule has 0 unspecified atom stereocenters. The molecule has 1 N–H and O–H groups in total. The third kappa shape index (κ3) is 4.34. The fourth-order valence-corrected chi connectivity index (χ4v) is 2.26. The first-order chi connectivity index (χ1) is 10.1. The zero-order chi connectivity index (χ0) is 15.2. The summed E-state index contributed by atoms with van der Waals surface area (Å²) in [5.74, 6) is 0.464. The van der Waals surface area contributed by atoms with Crippen LogP contribution >= 0.6 is 27.5 Å². The molecule has 0 atom stereocenters. The van der Waals surface area contributed by atoms with Crippen molar-refractivity contribution in [2.45, 2.75) is 0 Å². The van der Waals surface area contributed by atoms with E-state index in [0.717, 1.165) is 0 Å². The van der Waals surface area contributed by atoms with Crippen molar-refractivity contribution >= 4 is 39.1 Å². The van der Waals surface area contributed by atoms with E-state index in [1.807, 2.05) is 0 Å². The fraction of sp³-hybridized carbons (Fsp3) is 0.0625. The van der Waals surface area contributed by atoms with Crippen LogP contribution in [0.5, 0.6) is 5.75 Å². The van der Waals surface area contributed by atoms with Gasteiger partial charge in [0.25, 0.3) is 5.91 Å². The molecule has 2 aromatic rings. The highest BCUT2D eigenvalue weighted by atomic mass is 79.9. The van der Waals surface area contributed by atoms with Crippen LogP contribution in [-0.4, -0.2) is 12.5 Å². The molecule has 108 valence electrons. The third-order valence-corrected chi connectivity index (χ3v) is 3.52. The average Bonchev–Trinajstić information content (AvgIpc) is 2.48. The van der Waals surface area contributed by atoms with Crippen LogP contribution < -0.4 is 10.1 Å². The van der Waals surface area contributed by atoms with Crippen LogP contribution in [0.15, 0.2) is 59.6 Å². The van der Waals surface area contributed by atoms with Crippen molar-refractivity contribution in [3.63, 3.8) is 0 Å². The largest absolute Gasteiger partial charge is 0.488 e. The molecule has 3 nitrogen and oxygen atoms in total. The summed E-state index contributed by atoms with van der Waals surface area (Å²) in [7, 11) is 0. The molecule has 0 radical (unpaired) electrons. The van der Waals surface area contributed by atoms with Crippen molar-refractivity contribution in [1.29, 1.82) is 0 Å². The topological polar surface area (TPSA) is 38.3 Å². The maximum Gasteiger partial charge on any atom is 0.255 e. The first-order valence-electron chi connectivity index (χ1n) is 6.20. The van der Waals surface area contributed by atoms with E-state index in [-0.39, 0.29) is 5.91 Å². The van der Waals surface area contributed by atoms with Crippen LogP contribution in [0.25, 0.3) is 0 Å². The van der Waals surface area contributed by atoms with E-state index in [9.17, 15) is 4.79 Å². The van der Waals surface area contributed by atoms with E-state index in [4.69, 9.17) is 16.3 Å². The Morgan fingerprint density at radius 3 is 2.62 bits per heavy atom. The van der Waals surface area contributed by atoms with Crippen LogP contribution in [0.1, 0.15) is 10.4 Å². The van der Waals surface area contributed by atoms with Crippen molar-refractivity contribution < 1.29 is 9.53 Å². The van der Waals surface area contributed by atoms with Gasteiger partial charge in [-0.3, -0.25) is 4.79 Å². The predicted octanol–water partition coefficient (Wildman–Crippen LogP) is 4.92. The van der Waals surface area contributed by atoms with Gasteiger partial charge in [0.05, 0.1) is 4.47 Å². The molecule has 0 aromatic heterocycles. The number of halogens is 2. The van der Waals surface area contributed by atoms with E-state index in [1.165, 1.54) is 0 Å². The lowest BCUT2D eigenvalue weighted by Crippen LogP contribution is -2.11. The lowest BCUT2D eigenvalue weighted by atomic mass is 10.2. The molecular weight excluding hydrogens is 354 g/mol.